The van der Waals surface area contributed by atoms with Crippen molar-refractivity contribution in [2.75, 3.05) is 13.1 Å². The molecule has 0 atom stereocenters. The van der Waals surface area contributed by atoms with E-state index in [1.807, 2.05) is 11.8 Å². The zero-order chi connectivity index (χ0) is 15.9. The van der Waals surface area contributed by atoms with Crippen LogP contribution in [0.2, 0.25) is 0 Å². The summed E-state index contributed by atoms with van der Waals surface area (Å²) < 4.78 is 29.6. The molecule has 1 aromatic rings. The van der Waals surface area contributed by atoms with Crippen molar-refractivity contribution in [2.45, 2.75) is 44.4 Å². The molecule has 0 saturated carbocycles. The van der Waals surface area contributed by atoms with Gasteiger partial charge in [-0.1, -0.05) is 31.0 Å². The Balaban J connectivity index is 0.000000211. The fraction of sp³-hybridized carbons (Fsp3) is 0.533. The molecule has 0 bridgehead atoms. The van der Waals surface area contributed by atoms with Crippen LogP contribution in [0.25, 0.3) is 0 Å². The maximum atomic E-state index is 11.0. The molecule has 1 amide bonds. The van der Waals surface area contributed by atoms with Crippen molar-refractivity contribution >= 4 is 16.0 Å². The summed E-state index contributed by atoms with van der Waals surface area (Å²) in [5.41, 5.74) is 0.956. The van der Waals surface area contributed by atoms with Crippen molar-refractivity contribution < 1.29 is 17.8 Å². The Kier molecular flexibility index (Phi) is 6.84. The number of aryl methyl sites for hydroxylation is 1. The van der Waals surface area contributed by atoms with Gasteiger partial charge in [0.2, 0.25) is 5.91 Å². The molecule has 5 nitrogen and oxygen atoms in total. The van der Waals surface area contributed by atoms with Crippen LogP contribution in [0.3, 0.4) is 0 Å². The third kappa shape index (κ3) is 6.27. The average molecular weight is 313 g/mol. The van der Waals surface area contributed by atoms with Crippen molar-refractivity contribution in [3.8, 4) is 0 Å². The average Bonchev–Trinajstić information content (AvgIpc) is 2.82. The van der Waals surface area contributed by atoms with E-state index in [0.717, 1.165) is 37.9 Å². The van der Waals surface area contributed by atoms with Crippen LogP contribution in [0, 0.1) is 6.92 Å². The second-order valence-electron chi connectivity index (χ2n) is 5.13. The van der Waals surface area contributed by atoms with Gasteiger partial charge >= 0.3 is 0 Å². The highest BCUT2D eigenvalue weighted by atomic mass is 32.2. The molecule has 0 spiro atoms. The lowest BCUT2D eigenvalue weighted by molar-refractivity contribution is -0.127. The smallest absolute Gasteiger partial charge is 0.294 e. The van der Waals surface area contributed by atoms with Crippen LogP contribution in [0.15, 0.2) is 29.2 Å². The lowest BCUT2D eigenvalue weighted by Crippen LogP contribution is -2.25. The normalized spacial score (nSPS) is 14.8. The van der Waals surface area contributed by atoms with Gasteiger partial charge in [-0.15, -0.1) is 0 Å². The molecule has 1 aliphatic heterocycles. The first kappa shape index (κ1) is 17.7. The number of carbonyl (C=O) groups excluding carboxylic acids is 1. The van der Waals surface area contributed by atoms with Gasteiger partial charge in [0.05, 0.1) is 4.90 Å². The molecular weight excluding hydrogens is 290 g/mol. The zero-order valence-corrected chi connectivity index (χ0v) is 13.4. The van der Waals surface area contributed by atoms with E-state index in [1.54, 1.807) is 12.1 Å². The molecule has 0 unspecified atom stereocenters. The topological polar surface area (TPSA) is 74.7 Å². The van der Waals surface area contributed by atoms with Crippen LogP contribution in [0.1, 0.15) is 38.2 Å². The minimum absolute atomic E-state index is 0.0666. The highest BCUT2D eigenvalue weighted by Gasteiger charge is 2.18. The lowest BCUT2D eigenvalue weighted by Gasteiger charge is -2.13. The number of rotatable bonds is 4. The highest BCUT2D eigenvalue weighted by molar-refractivity contribution is 7.85. The summed E-state index contributed by atoms with van der Waals surface area (Å²) in [5, 5.41) is 0. The van der Waals surface area contributed by atoms with Crippen LogP contribution in [0.4, 0.5) is 0 Å². The Bertz CT molecular complexity index is 552. The summed E-state index contributed by atoms with van der Waals surface area (Å²) in [7, 11) is -4.02. The molecule has 1 N–H and O–H groups in total. The van der Waals surface area contributed by atoms with E-state index in [9.17, 15) is 13.2 Å². The van der Waals surface area contributed by atoms with Crippen LogP contribution < -0.4 is 0 Å². The minimum Gasteiger partial charge on any atom is -0.343 e. The zero-order valence-electron chi connectivity index (χ0n) is 12.6. The van der Waals surface area contributed by atoms with Gasteiger partial charge in [-0.3, -0.25) is 9.35 Å². The van der Waals surface area contributed by atoms with Gasteiger partial charge in [0.1, 0.15) is 0 Å². The lowest BCUT2D eigenvalue weighted by atomic mass is 10.2. The Morgan fingerprint density at radius 3 is 2.29 bits per heavy atom. The van der Waals surface area contributed by atoms with Crippen molar-refractivity contribution in [3.05, 3.63) is 29.8 Å². The van der Waals surface area contributed by atoms with Gasteiger partial charge in [-0.25, -0.2) is 0 Å². The van der Waals surface area contributed by atoms with E-state index in [4.69, 9.17) is 4.55 Å². The van der Waals surface area contributed by atoms with Gasteiger partial charge in [0, 0.05) is 19.5 Å². The number of unbranched alkanes of at least 4 members (excludes halogenated alkanes) is 1. The Morgan fingerprint density at radius 1 is 1.24 bits per heavy atom. The first-order chi connectivity index (χ1) is 9.84. The van der Waals surface area contributed by atoms with Crippen molar-refractivity contribution in [2.24, 2.45) is 0 Å². The molecule has 6 heteroatoms. The molecule has 21 heavy (non-hydrogen) atoms. The Hall–Kier alpha value is -1.40. The predicted octanol–water partition coefficient (Wildman–Crippen LogP) is 2.65. The highest BCUT2D eigenvalue weighted by Crippen LogP contribution is 2.10. The third-order valence-electron chi connectivity index (χ3n) is 3.27. The Morgan fingerprint density at radius 2 is 1.86 bits per heavy atom. The molecular formula is C15H23NO4S. The maximum Gasteiger partial charge on any atom is 0.294 e. The fourth-order valence-electron chi connectivity index (χ4n) is 2.00. The molecule has 1 aromatic carbocycles. The SMILES string of the molecule is CCCCN1CCCC1=O.Cc1ccc(S(=O)(=O)O)cc1. The van der Waals surface area contributed by atoms with Crippen molar-refractivity contribution in [1.82, 2.24) is 4.90 Å². The monoisotopic (exact) mass is 313 g/mol. The number of hydrogen-bond donors (Lipinski definition) is 1. The maximum absolute atomic E-state index is 11.0. The fourth-order valence-corrected chi connectivity index (χ4v) is 2.48. The van der Waals surface area contributed by atoms with Crippen molar-refractivity contribution in [1.29, 1.82) is 0 Å². The summed E-state index contributed by atoms with van der Waals surface area (Å²) in [6.07, 6.45) is 4.20. The number of carbonyl (C=O) groups is 1. The van der Waals surface area contributed by atoms with Crippen molar-refractivity contribution in [3.63, 3.8) is 0 Å². The summed E-state index contributed by atoms with van der Waals surface area (Å²) in [4.78, 5) is 12.9. The summed E-state index contributed by atoms with van der Waals surface area (Å²) in [5.74, 6) is 0.355. The summed E-state index contributed by atoms with van der Waals surface area (Å²) in [6.45, 7) is 5.97. The molecule has 0 aliphatic carbocycles. The van der Waals surface area contributed by atoms with Gasteiger partial charge in [-0.2, -0.15) is 8.42 Å². The van der Waals surface area contributed by atoms with E-state index in [0.29, 0.717) is 5.91 Å². The van der Waals surface area contributed by atoms with E-state index in [-0.39, 0.29) is 4.90 Å². The predicted molar refractivity (Wildman–Crippen MR) is 81.7 cm³/mol. The van der Waals surface area contributed by atoms with Crippen LogP contribution in [-0.2, 0) is 14.9 Å². The molecule has 118 valence electrons. The quantitative estimate of drug-likeness (QED) is 0.867. The van der Waals surface area contributed by atoms with E-state index < -0.39 is 10.1 Å². The molecule has 1 heterocycles. The van der Waals surface area contributed by atoms with Gasteiger partial charge in [0.25, 0.3) is 10.1 Å². The number of likely N-dealkylation sites (tertiary alicyclic amines) is 1. The summed E-state index contributed by atoms with van der Waals surface area (Å²) >= 11 is 0. The number of amides is 1. The van der Waals surface area contributed by atoms with E-state index in [2.05, 4.69) is 6.92 Å². The standard InChI is InChI=1S/C8H15NO.C7H8O3S/c1-2-3-6-9-7-4-5-8(9)10;1-6-2-4-7(5-3-6)11(8,9)10/h2-7H2,1H3;2-5H,1H3,(H,8,9,10). The minimum atomic E-state index is -4.02. The van der Waals surface area contributed by atoms with Gasteiger partial charge < -0.3 is 4.90 Å². The first-order valence-electron chi connectivity index (χ1n) is 7.16. The third-order valence-corrected chi connectivity index (χ3v) is 4.14. The molecule has 0 radical (unpaired) electrons. The largest absolute Gasteiger partial charge is 0.343 e. The second-order valence-corrected chi connectivity index (χ2v) is 6.55. The molecule has 1 aliphatic rings. The van der Waals surface area contributed by atoms with Gasteiger partial charge in [-0.05, 0) is 31.9 Å². The van der Waals surface area contributed by atoms with Crippen LogP contribution in [-0.4, -0.2) is 36.9 Å². The molecule has 1 saturated heterocycles. The van der Waals surface area contributed by atoms with E-state index >= 15 is 0 Å². The van der Waals surface area contributed by atoms with Gasteiger partial charge in [0.15, 0.2) is 0 Å². The number of hydrogen-bond acceptors (Lipinski definition) is 3. The molecule has 0 aromatic heterocycles. The molecule has 2 rings (SSSR count). The first-order valence-corrected chi connectivity index (χ1v) is 8.60. The van der Waals surface area contributed by atoms with Crippen LogP contribution in [0.5, 0.6) is 0 Å². The van der Waals surface area contributed by atoms with E-state index in [1.165, 1.54) is 18.6 Å². The van der Waals surface area contributed by atoms with Crippen LogP contribution >= 0.6 is 0 Å². The number of benzene rings is 1. The second kappa shape index (κ2) is 8.14. The Labute approximate surface area is 126 Å². The molecule has 1 fully saturated rings. The summed E-state index contributed by atoms with van der Waals surface area (Å²) in [6, 6.07) is 5.99. The number of nitrogens with zero attached hydrogens (tertiary/aromatic N) is 1.